The maximum atomic E-state index is 11.9. The molecule has 20 heavy (non-hydrogen) atoms. The molecular weight excluding hydrogens is 367 g/mol. The molecule has 0 saturated heterocycles. The van der Waals surface area contributed by atoms with Crippen molar-refractivity contribution in [3.8, 4) is 0 Å². The highest BCUT2D eigenvalue weighted by Crippen LogP contribution is 2.13. The zero-order chi connectivity index (χ0) is 14.5. The second-order valence-corrected chi connectivity index (χ2v) is 5.51. The average molecular weight is 380 g/mol. The number of Topliss-reactive ketones (excluding diaryl/α,β-unsaturated/α-hetero) is 1. The maximum absolute atomic E-state index is 11.9. The van der Waals surface area contributed by atoms with Crippen LogP contribution in [0.25, 0.3) is 0 Å². The first-order chi connectivity index (χ1) is 9.58. The van der Waals surface area contributed by atoms with Crippen LogP contribution in [0.3, 0.4) is 0 Å². The molecule has 0 fully saturated rings. The Labute approximate surface area is 131 Å². The fourth-order valence-corrected chi connectivity index (χ4v) is 2.27. The summed E-state index contributed by atoms with van der Waals surface area (Å²) in [5.41, 5.74) is 2.10. The van der Waals surface area contributed by atoms with Gasteiger partial charge in [0.15, 0.2) is 12.4 Å². The van der Waals surface area contributed by atoms with Crippen LogP contribution in [0, 0.1) is 10.5 Å². The third-order valence-corrected chi connectivity index (χ3v) is 3.74. The quantitative estimate of drug-likeness (QED) is 0.462. The minimum Gasteiger partial charge on any atom is -0.454 e. The van der Waals surface area contributed by atoms with E-state index in [-0.39, 0.29) is 12.4 Å². The van der Waals surface area contributed by atoms with Crippen molar-refractivity contribution in [2.75, 3.05) is 6.61 Å². The van der Waals surface area contributed by atoms with Gasteiger partial charge in [-0.2, -0.15) is 0 Å². The second kappa shape index (κ2) is 6.65. The van der Waals surface area contributed by atoms with Crippen LogP contribution in [0.2, 0.25) is 0 Å². The van der Waals surface area contributed by atoms with Gasteiger partial charge in [0.25, 0.3) is 0 Å². The van der Waals surface area contributed by atoms with Gasteiger partial charge in [-0.15, -0.1) is 0 Å². The van der Waals surface area contributed by atoms with Crippen molar-refractivity contribution < 1.29 is 14.3 Å². The van der Waals surface area contributed by atoms with Gasteiger partial charge < -0.3 is 4.74 Å². The Kier molecular flexibility index (Phi) is 4.89. The van der Waals surface area contributed by atoms with E-state index in [1.165, 1.54) is 0 Å². The highest BCUT2D eigenvalue weighted by Gasteiger charge is 2.13. The fourth-order valence-electron chi connectivity index (χ4n) is 1.66. The lowest BCUT2D eigenvalue weighted by atomic mass is 10.1. The highest BCUT2D eigenvalue weighted by molar-refractivity contribution is 14.1. The van der Waals surface area contributed by atoms with Gasteiger partial charge in [-0.1, -0.05) is 42.0 Å². The van der Waals surface area contributed by atoms with Crippen LogP contribution in [0.15, 0.2) is 48.5 Å². The van der Waals surface area contributed by atoms with Gasteiger partial charge in [-0.3, -0.25) is 4.79 Å². The van der Waals surface area contributed by atoms with Crippen LogP contribution in [-0.2, 0) is 4.74 Å². The fraction of sp³-hybridized carbons (Fsp3) is 0.125. The molecule has 0 aromatic heterocycles. The summed E-state index contributed by atoms with van der Waals surface area (Å²) in [7, 11) is 0. The predicted molar refractivity (Wildman–Crippen MR) is 85.0 cm³/mol. The Balaban J connectivity index is 1.99. The Hall–Kier alpha value is -1.69. The number of carbonyl (C=O) groups is 2. The molecule has 2 aromatic rings. The number of hydrogen-bond acceptors (Lipinski definition) is 3. The Morgan fingerprint density at radius 3 is 2.35 bits per heavy atom. The Bertz CT molecular complexity index is 632. The molecule has 0 amide bonds. The topological polar surface area (TPSA) is 43.4 Å². The number of carbonyl (C=O) groups excluding carboxylic acids is 2. The summed E-state index contributed by atoms with van der Waals surface area (Å²) in [6.45, 7) is 1.71. The molecular formula is C16H13IO3. The summed E-state index contributed by atoms with van der Waals surface area (Å²) in [5, 5.41) is 0. The van der Waals surface area contributed by atoms with Crippen LogP contribution in [0.5, 0.6) is 0 Å². The number of ether oxygens (including phenoxy) is 1. The lowest BCUT2D eigenvalue weighted by molar-refractivity contribution is 0.0473. The summed E-state index contributed by atoms with van der Waals surface area (Å²) in [6.07, 6.45) is 0. The predicted octanol–water partition coefficient (Wildman–Crippen LogP) is 3.64. The standard InChI is InChI=1S/C16H13IO3/c1-11-6-8-12(9-7-11)15(18)10-20-16(19)13-4-2-3-5-14(13)17/h2-9H,10H2,1H3. The van der Waals surface area contributed by atoms with E-state index < -0.39 is 5.97 Å². The largest absolute Gasteiger partial charge is 0.454 e. The average Bonchev–Trinajstić information content (AvgIpc) is 2.45. The van der Waals surface area contributed by atoms with Crippen LogP contribution >= 0.6 is 22.6 Å². The van der Waals surface area contributed by atoms with Crippen LogP contribution in [0.1, 0.15) is 26.3 Å². The van der Waals surface area contributed by atoms with E-state index in [1.54, 1.807) is 24.3 Å². The first kappa shape index (κ1) is 14.7. The lowest BCUT2D eigenvalue weighted by Gasteiger charge is -2.06. The molecule has 0 aliphatic carbocycles. The molecule has 2 aromatic carbocycles. The van der Waals surface area contributed by atoms with Gasteiger partial charge in [0.1, 0.15) is 0 Å². The van der Waals surface area contributed by atoms with Gasteiger partial charge in [0.05, 0.1) is 5.56 Å². The van der Waals surface area contributed by atoms with Crippen molar-refractivity contribution in [1.82, 2.24) is 0 Å². The number of halogens is 1. The summed E-state index contributed by atoms with van der Waals surface area (Å²) in [5.74, 6) is -0.681. The summed E-state index contributed by atoms with van der Waals surface area (Å²) < 4.78 is 5.87. The molecule has 0 atom stereocenters. The molecule has 102 valence electrons. The number of benzene rings is 2. The molecule has 0 bridgehead atoms. The van der Waals surface area contributed by atoms with Crippen LogP contribution in [0.4, 0.5) is 0 Å². The van der Waals surface area contributed by atoms with Gasteiger partial charge >= 0.3 is 5.97 Å². The number of esters is 1. The molecule has 0 radical (unpaired) electrons. The van der Waals surface area contributed by atoms with E-state index in [2.05, 4.69) is 22.6 Å². The zero-order valence-corrected chi connectivity index (χ0v) is 13.1. The molecule has 0 N–H and O–H groups in total. The van der Waals surface area contributed by atoms with Gasteiger partial charge in [-0.05, 0) is 41.6 Å². The molecule has 0 spiro atoms. The number of hydrogen-bond donors (Lipinski definition) is 0. The first-order valence-electron chi connectivity index (χ1n) is 6.09. The monoisotopic (exact) mass is 380 g/mol. The maximum Gasteiger partial charge on any atom is 0.339 e. The SMILES string of the molecule is Cc1ccc(C(=O)COC(=O)c2ccccc2I)cc1. The van der Waals surface area contributed by atoms with E-state index in [9.17, 15) is 9.59 Å². The third kappa shape index (κ3) is 3.66. The van der Waals surface area contributed by atoms with E-state index in [1.807, 2.05) is 31.2 Å². The van der Waals surface area contributed by atoms with Crippen molar-refractivity contribution in [2.24, 2.45) is 0 Å². The second-order valence-electron chi connectivity index (χ2n) is 4.35. The Morgan fingerprint density at radius 2 is 1.70 bits per heavy atom. The molecule has 4 heteroatoms. The molecule has 3 nitrogen and oxygen atoms in total. The summed E-state index contributed by atoms with van der Waals surface area (Å²) in [4.78, 5) is 23.8. The van der Waals surface area contributed by atoms with E-state index in [4.69, 9.17) is 4.74 Å². The molecule has 2 rings (SSSR count). The van der Waals surface area contributed by atoms with Crippen molar-refractivity contribution >= 4 is 34.3 Å². The van der Waals surface area contributed by atoms with Crippen molar-refractivity contribution in [2.45, 2.75) is 6.92 Å². The normalized spacial score (nSPS) is 10.1. The molecule has 0 aliphatic heterocycles. The first-order valence-corrected chi connectivity index (χ1v) is 7.17. The van der Waals surface area contributed by atoms with Crippen molar-refractivity contribution in [1.29, 1.82) is 0 Å². The van der Waals surface area contributed by atoms with Gasteiger partial charge in [0, 0.05) is 9.13 Å². The number of aryl methyl sites for hydroxylation is 1. The number of rotatable bonds is 4. The number of ketones is 1. The molecule has 0 saturated carbocycles. The van der Waals surface area contributed by atoms with E-state index in [0.29, 0.717) is 11.1 Å². The smallest absolute Gasteiger partial charge is 0.339 e. The Morgan fingerprint density at radius 1 is 1.05 bits per heavy atom. The van der Waals surface area contributed by atoms with Crippen LogP contribution < -0.4 is 0 Å². The highest BCUT2D eigenvalue weighted by atomic mass is 127. The minimum absolute atomic E-state index is 0.204. The van der Waals surface area contributed by atoms with Crippen molar-refractivity contribution in [3.63, 3.8) is 0 Å². The lowest BCUT2D eigenvalue weighted by Crippen LogP contribution is -2.15. The van der Waals surface area contributed by atoms with Gasteiger partial charge in [0.2, 0.25) is 0 Å². The van der Waals surface area contributed by atoms with Gasteiger partial charge in [-0.25, -0.2) is 4.79 Å². The minimum atomic E-state index is -0.476. The molecule has 0 unspecified atom stereocenters. The van der Waals surface area contributed by atoms with Crippen LogP contribution in [-0.4, -0.2) is 18.4 Å². The van der Waals surface area contributed by atoms with E-state index >= 15 is 0 Å². The van der Waals surface area contributed by atoms with E-state index in [0.717, 1.165) is 9.13 Å². The summed E-state index contributed by atoms with van der Waals surface area (Å²) in [6, 6.07) is 14.3. The summed E-state index contributed by atoms with van der Waals surface area (Å²) >= 11 is 2.06. The molecule has 0 aliphatic rings. The third-order valence-electron chi connectivity index (χ3n) is 2.80. The molecule has 0 heterocycles. The van der Waals surface area contributed by atoms with Crippen molar-refractivity contribution in [3.05, 3.63) is 68.8 Å². The zero-order valence-electron chi connectivity index (χ0n) is 10.9.